The average molecular weight is 230 g/mol. The maximum atomic E-state index is 11.5. The maximum absolute atomic E-state index is 11.5. The van der Waals surface area contributed by atoms with E-state index in [0.717, 1.165) is 0 Å². The van der Waals surface area contributed by atoms with Gasteiger partial charge in [-0.05, 0) is 0 Å². The summed E-state index contributed by atoms with van der Waals surface area (Å²) in [7, 11) is -3.61. The number of nitrogens with one attached hydrogen (secondary N) is 2. The second-order valence-corrected chi connectivity index (χ2v) is 4.83. The van der Waals surface area contributed by atoms with E-state index in [0.29, 0.717) is 5.13 Å². The van der Waals surface area contributed by atoms with Gasteiger partial charge in [0.05, 0.1) is 0 Å². The van der Waals surface area contributed by atoms with Crippen molar-refractivity contribution < 1.29 is 8.42 Å². The van der Waals surface area contributed by atoms with Crippen LogP contribution in [0.25, 0.3) is 0 Å². The molecule has 0 spiro atoms. The van der Waals surface area contributed by atoms with Crippen LogP contribution >= 0.6 is 11.3 Å². The number of sulfonamides is 1. The molecule has 0 fully saturated rings. The van der Waals surface area contributed by atoms with Crippen LogP contribution in [0.1, 0.15) is 0 Å². The minimum absolute atomic E-state index is 0.118. The first-order valence-electron chi connectivity index (χ1n) is 3.60. The van der Waals surface area contributed by atoms with Gasteiger partial charge in [-0.2, -0.15) is 8.42 Å². The van der Waals surface area contributed by atoms with E-state index >= 15 is 0 Å². The Bertz CT molecular complexity index is 488. The maximum Gasteiger partial charge on any atom is 0.297 e. The fourth-order valence-corrected chi connectivity index (χ4v) is 2.53. The van der Waals surface area contributed by atoms with E-state index in [1.165, 1.54) is 29.9 Å². The molecule has 0 atom stereocenters. The second kappa shape index (κ2) is 3.39. The van der Waals surface area contributed by atoms with Crippen molar-refractivity contribution in [1.29, 1.82) is 0 Å². The molecule has 2 rings (SSSR count). The monoisotopic (exact) mass is 230 g/mol. The summed E-state index contributed by atoms with van der Waals surface area (Å²) in [4.78, 5) is 9.94. The summed E-state index contributed by atoms with van der Waals surface area (Å²) >= 11 is 1.20. The summed E-state index contributed by atoms with van der Waals surface area (Å²) in [6, 6.07) is 0. The standard InChI is InChI=1S/C6H6N4O2S2/c11-14(12,6-8-1-2-9-6)10-5-7-3-4-13-5/h1-4H,(H,7,10)(H,8,9). The lowest BCUT2D eigenvalue weighted by atomic mass is 11.0. The third-order valence-electron chi connectivity index (χ3n) is 1.38. The van der Waals surface area contributed by atoms with Crippen LogP contribution < -0.4 is 4.72 Å². The molecule has 0 aliphatic heterocycles. The predicted molar refractivity (Wildman–Crippen MR) is 51.5 cm³/mol. The molecule has 0 aliphatic rings. The van der Waals surface area contributed by atoms with E-state index in [9.17, 15) is 8.42 Å². The molecule has 0 radical (unpaired) electrons. The quantitative estimate of drug-likeness (QED) is 0.811. The van der Waals surface area contributed by atoms with Crippen LogP contribution in [-0.4, -0.2) is 23.4 Å². The third kappa shape index (κ3) is 1.75. The molecule has 0 aliphatic carbocycles. The van der Waals surface area contributed by atoms with Crippen molar-refractivity contribution in [2.45, 2.75) is 5.16 Å². The van der Waals surface area contributed by atoms with Gasteiger partial charge in [0, 0.05) is 24.0 Å². The van der Waals surface area contributed by atoms with Crippen molar-refractivity contribution in [2.75, 3.05) is 4.72 Å². The molecule has 14 heavy (non-hydrogen) atoms. The molecular formula is C6H6N4O2S2. The van der Waals surface area contributed by atoms with Crippen molar-refractivity contribution in [2.24, 2.45) is 0 Å². The van der Waals surface area contributed by atoms with Crippen LogP contribution in [0.15, 0.2) is 29.1 Å². The topological polar surface area (TPSA) is 87.7 Å². The molecule has 8 heteroatoms. The number of rotatable bonds is 3. The molecule has 2 aromatic heterocycles. The Labute approximate surface area is 84.1 Å². The number of imidazole rings is 1. The van der Waals surface area contributed by atoms with Gasteiger partial charge in [0.1, 0.15) is 0 Å². The van der Waals surface area contributed by atoms with Gasteiger partial charge in [0.2, 0.25) is 5.16 Å². The zero-order chi connectivity index (χ0) is 10.0. The average Bonchev–Trinajstić information content (AvgIpc) is 2.71. The van der Waals surface area contributed by atoms with Gasteiger partial charge < -0.3 is 4.98 Å². The first-order chi connectivity index (χ1) is 6.68. The van der Waals surface area contributed by atoms with E-state index < -0.39 is 10.0 Å². The van der Waals surface area contributed by atoms with Crippen LogP contribution in [-0.2, 0) is 10.0 Å². The minimum Gasteiger partial charge on any atom is -0.334 e. The molecular weight excluding hydrogens is 224 g/mol. The van der Waals surface area contributed by atoms with E-state index in [4.69, 9.17) is 0 Å². The van der Waals surface area contributed by atoms with Gasteiger partial charge in [-0.3, -0.25) is 4.72 Å². The first-order valence-corrected chi connectivity index (χ1v) is 5.96. The molecule has 0 saturated heterocycles. The summed E-state index contributed by atoms with van der Waals surface area (Å²) in [6.07, 6.45) is 4.33. The summed E-state index contributed by atoms with van der Waals surface area (Å²) in [5, 5.41) is 1.88. The largest absolute Gasteiger partial charge is 0.334 e. The Hall–Kier alpha value is -1.41. The number of hydrogen-bond acceptors (Lipinski definition) is 5. The highest BCUT2D eigenvalue weighted by atomic mass is 32.2. The number of anilines is 1. The van der Waals surface area contributed by atoms with Crippen LogP contribution in [0.5, 0.6) is 0 Å². The van der Waals surface area contributed by atoms with Gasteiger partial charge >= 0.3 is 0 Å². The Balaban J connectivity index is 2.27. The highest BCUT2D eigenvalue weighted by Crippen LogP contribution is 2.14. The highest BCUT2D eigenvalue weighted by Gasteiger charge is 2.17. The smallest absolute Gasteiger partial charge is 0.297 e. The van der Waals surface area contributed by atoms with Gasteiger partial charge in [-0.1, -0.05) is 0 Å². The summed E-state index contributed by atoms with van der Waals surface area (Å²) in [6.45, 7) is 0. The normalized spacial score (nSPS) is 11.4. The Morgan fingerprint density at radius 1 is 1.36 bits per heavy atom. The SMILES string of the molecule is O=S(=O)(Nc1nccs1)c1ncc[nH]1. The zero-order valence-corrected chi connectivity index (χ0v) is 8.47. The molecule has 0 bridgehead atoms. The van der Waals surface area contributed by atoms with E-state index in [1.807, 2.05) is 0 Å². The molecule has 0 aromatic carbocycles. The number of aromatic nitrogens is 3. The molecule has 6 nitrogen and oxygen atoms in total. The van der Waals surface area contributed by atoms with Gasteiger partial charge in [-0.15, -0.1) is 11.3 Å². The lowest BCUT2D eigenvalue weighted by Gasteiger charge is -2.00. The van der Waals surface area contributed by atoms with Gasteiger partial charge in [-0.25, -0.2) is 9.97 Å². The van der Waals surface area contributed by atoms with Crippen LogP contribution in [0.2, 0.25) is 0 Å². The Morgan fingerprint density at radius 2 is 2.21 bits per heavy atom. The molecule has 2 heterocycles. The summed E-state index contributed by atoms with van der Waals surface area (Å²) < 4.78 is 25.3. The van der Waals surface area contributed by atoms with Crippen molar-refractivity contribution in [3.8, 4) is 0 Å². The molecule has 0 saturated carbocycles. The number of thiazole rings is 1. The third-order valence-corrected chi connectivity index (χ3v) is 3.39. The van der Waals surface area contributed by atoms with Crippen LogP contribution in [0.4, 0.5) is 5.13 Å². The van der Waals surface area contributed by atoms with E-state index in [1.54, 1.807) is 5.38 Å². The molecule has 2 N–H and O–H groups in total. The molecule has 2 aromatic rings. The Morgan fingerprint density at radius 3 is 2.79 bits per heavy atom. The van der Waals surface area contributed by atoms with Crippen molar-refractivity contribution in [1.82, 2.24) is 15.0 Å². The van der Waals surface area contributed by atoms with Crippen LogP contribution in [0.3, 0.4) is 0 Å². The van der Waals surface area contributed by atoms with Crippen molar-refractivity contribution in [3.63, 3.8) is 0 Å². The summed E-state index contributed by atoms with van der Waals surface area (Å²) in [5.41, 5.74) is 0. The number of aromatic amines is 1. The predicted octanol–water partition coefficient (Wildman–Crippen LogP) is 0.667. The fourth-order valence-electron chi connectivity index (χ4n) is 0.835. The lowest BCUT2D eigenvalue weighted by molar-refractivity contribution is 0.594. The molecule has 0 amide bonds. The molecule has 74 valence electrons. The highest BCUT2D eigenvalue weighted by molar-refractivity contribution is 7.92. The molecule has 0 unspecified atom stereocenters. The number of hydrogen-bond donors (Lipinski definition) is 2. The Kier molecular flexibility index (Phi) is 2.22. The van der Waals surface area contributed by atoms with Crippen molar-refractivity contribution >= 4 is 26.5 Å². The van der Waals surface area contributed by atoms with Crippen LogP contribution in [0, 0.1) is 0 Å². The van der Waals surface area contributed by atoms with E-state index in [-0.39, 0.29) is 5.16 Å². The van der Waals surface area contributed by atoms with Gasteiger partial charge in [0.15, 0.2) is 5.13 Å². The minimum atomic E-state index is -3.61. The van der Waals surface area contributed by atoms with Crippen molar-refractivity contribution in [3.05, 3.63) is 24.0 Å². The second-order valence-electron chi connectivity index (χ2n) is 2.34. The van der Waals surface area contributed by atoms with Gasteiger partial charge in [0.25, 0.3) is 10.0 Å². The number of H-pyrrole nitrogens is 1. The van der Waals surface area contributed by atoms with E-state index in [2.05, 4.69) is 19.7 Å². The summed E-state index contributed by atoms with van der Waals surface area (Å²) in [5.74, 6) is 0. The zero-order valence-electron chi connectivity index (χ0n) is 6.84. The fraction of sp³-hybridized carbons (Fsp3) is 0. The first kappa shape index (κ1) is 9.16. The number of nitrogens with zero attached hydrogens (tertiary/aromatic N) is 2. The lowest BCUT2D eigenvalue weighted by Crippen LogP contribution is -2.14.